The maximum atomic E-state index is 11.9. The second-order valence-electron chi connectivity index (χ2n) is 5.76. The molecule has 0 spiro atoms. The van der Waals surface area contributed by atoms with Crippen molar-refractivity contribution in [2.45, 2.75) is 44.1 Å². The lowest BCUT2D eigenvalue weighted by Gasteiger charge is -2.32. The van der Waals surface area contributed by atoms with Crippen LogP contribution in [-0.2, 0) is 9.53 Å². The van der Waals surface area contributed by atoms with Gasteiger partial charge < -0.3 is 15.0 Å². The third-order valence-corrected chi connectivity index (χ3v) is 5.08. The molecule has 1 saturated heterocycles. The molecule has 2 aliphatic rings. The molecule has 7 heteroatoms. The van der Waals surface area contributed by atoms with Crippen molar-refractivity contribution in [3.63, 3.8) is 0 Å². The highest BCUT2D eigenvalue weighted by atomic mass is 32.1. The molecule has 116 valence electrons. The average Bonchev–Trinajstić information content (AvgIpc) is 3.26. The molecule has 0 unspecified atom stereocenters. The molecule has 2 fully saturated rings. The molecule has 6 nitrogen and oxygen atoms in total. The summed E-state index contributed by atoms with van der Waals surface area (Å²) in [6.45, 7) is 2.13. The summed E-state index contributed by atoms with van der Waals surface area (Å²) in [6.07, 6.45) is 4.94. The maximum absolute atomic E-state index is 11.9. The molecule has 0 radical (unpaired) electrons. The predicted octanol–water partition coefficient (Wildman–Crippen LogP) is 1.85. The number of nitrogens with one attached hydrogen (secondary N) is 1. The van der Waals surface area contributed by atoms with Crippen molar-refractivity contribution in [1.29, 1.82) is 0 Å². The minimum Gasteiger partial charge on any atom is -0.384 e. The van der Waals surface area contributed by atoms with E-state index in [1.807, 2.05) is 4.90 Å². The molecule has 2 heterocycles. The van der Waals surface area contributed by atoms with E-state index in [4.69, 9.17) is 4.74 Å². The first kappa shape index (κ1) is 14.7. The lowest BCUT2D eigenvalue weighted by Crippen LogP contribution is -2.42. The summed E-state index contributed by atoms with van der Waals surface area (Å²) in [5.74, 6) is 0.862. The molecule has 1 aromatic rings. The Morgan fingerprint density at radius 3 is 2.76 bits per heavy atom. The Hall–Kier alpha value is -1.21. The van der Waals surface area contributed by atoms with Gasteiger partial charge in [-0.25, -0.2) is 0 Å². The maximum Gasteiger partial charge on any atom is 0.224 e. The van der Waals surface area contributed by atoms with Crippen LogP contribution in [-0.4, -0.2) is 53.9 Å². The lowest BCUT2D eigenvalue weighted by atomic mass is 10.1. The van der Waals surface area contributed by atoms with Crippen molar-refractivity contribution in [3.8, 4) is 0 Å². The van der Waals surface area contributed by atoms with Crippen LogP contribution in [0.4, 0.5) is 5.13 Å². The van der Waals surface area contributed by atoms with Gasteiger partial charge in [0.2, 0.25) is 11.0 Å². The van der Waals surface area contributed by atoms with Gasteiger partial charge in [0.1, 0.15) is 5.01 Å². The number of hydrogen-bond donors (Lipinski definition) is 1. The molecule has 1 saturated carbocycles. The normalized spacial score (nSPS) is 19.8. The predicted molar refractivity (Wildman–Crippen MR) is 81.6 cm³/mol. The number of carbonyl (C=O) groups excluding carboxylic acids is 1. The third-order valence-electron chi connectivity index (χ3n) is 4.06. The average molecular weight is 310 g/mol. The molecule has 0 bridgehead atoms. The van der Waals surface area contributed by atoms with E-state index in [2.05, 4.69) is 15.5 Å². The van der Waals surface area contributed by atoms with Crippen molar-refractivity contribution >= 4 is 22.4 Å². The Labute approximate surface area is 128 Å². The lowest BCUT2D eigenvalue weighted by molar-refractivity contribution is -0.133. The topological polar surface area (TPSA) is 67.3 Å². The van der Waals surface area contributed by atoms with Crippen molar-refractivity contribution in [2.75, 3.05) is 32.1 Å². The fourth-order valence-electron chi connectivity index (χ4n) is 2.58. The van der Waals surface area contributed by atoms with Gasteiger partial charge in [-0.3, -0.25) is 4.79 Å². The van der Waals surface area contributed by atoms with E-state index in [-0.39, 0.29) is 5.91 Å². The number of hydrogen-bond acceptors (Lipinski definition) is 6. The Balaban J connectivity index is 1.43. The standard InChI is InChI=1S/C14H22N4O2S/c1-20-9-6-12(19)18-7-4-11(5-8-18)15-14-17-16-13(21-14)10-2-3-10/h10-11H,2-9H2,1H3,(H,15,17). The molecule has 1 aliphatic carbocycles. The van der Waals surface area contributed by atoms with Gasteiger partial charge in [-0.05, 0) is 25.7 Å². The zero-order valence-electron chi connectivity index (χ0n) is 12.4. The monoisotopic (exact) mass is 310 g/mol. The number of piperidine rings is 1. The fraction of sp³-hybridized carbons (Fsp3) is 0.786. The molecule has 1 N–H and O–H groups in total. The van der Waals surface area contributed by atoms with Crippen molar-refractivity contribution < 1.29 is 9.53 Å². The van der Waals surface area contributed by atoms with Gasteiger partial charge in [0.25, 0.3) is 0 Å². The van der Waals surface area contributed by atoms with Gasteiger partial charge >= 0.3 is 0 Å². The number of carbonyl (C=O) groups is 1. The van der Waals surface area contributed by atoms with E-state index in [1.54, 1.807) is 18.4 Å². The largest absolute Gasteiger partial charge is 0.384 e. The number of anilines is 1. The van der Waals surface area contributed by atoms with E-state index < -0.39 is 0 Å². The highest BCUT2D eigenvalue weighted by Gasteiger charge is 2.28. The van der Waals surface area contributed by atoms with E-state index in [0.717, 1.165) is 31.1 Å². The van der Waals surface area contributed by atoms with Crippen molar-refractivity contribution in [2.24, 2.45) is 0 Å². The number of aromatic nitrogens is 2. The van der Waals surface area contributed by atoms with Crippen molar-refractivity contribution in [1.82, 2.24) is 15.1 Å². The molecule has 21 heavy (non-hydrogen) atoms. The Morgan fingerprint density at radius 1 is 1.33 bits per heavy atom. The van der Waals surface area contributed by atoms with Gasteiger partial charge in [0.05, 0.1) is 13.0 Å². The smallest absolute Gasteiger partial charge is 0.224 e. The van der Waals surface area contributed by atoms with Crippen LogP contribution in [0.1, 0.15) is 43.0 Å². The quantitative estimate of drug-likeness (QED) is 0.868. The number of methoxy groups -OCH3 is 1. The Kier molecular flexibility index (Phi) is 4.70. The number of nitrogens with zero attached hydrogens (tertiary/aromatic N) is 3. The zero-order chi connectivity index (χ0) is 14.7. The van der Waals surface area contributed by atoms with E-state index in [1.165, 1.54) is 17.8 Å². The second-order valence-corrected chi connectivity index (χ2v) is 6.77. The van der Waals surface area contributed by atoms with Crippen LogP contribution in [0.15, 0.2) is 0 Å². The van der Waals surface area contributed by atoms with Crippen LogP contribution in [0, 0.1) is 0 Å². The van der Waals surface area contributed by atoms with Gasteiger partial charge in [0.15, 0.2) is 0 Å². The minimum atomic E-state index is 0.197. The summed E-state index contributed by atoms with van der Waals surface area (Å²) in [4.78, 5) is 13.8. The number of ether oxygens (including phenoxy) is 1. The molecule has 0 aromatic carbocycles. The second kappa shape index (κ2) is 6.70. The Morgan fingerprint density at radius 2 is 2.10 bits per heavy atom. The molecule has 1 amide bonds. The molecular weight excluding hydrogens is 288 g/mol. The first-order valence-corrected chi connectivity index (χ1v) is 8.44. The fourth-order valence-corrected chi connectivity index (χ4v) is 3.57. The van der Waals surface area contributed by atoms with Crippen LogP contribution < -0.4 is 5.32 Å². The first-order valence-electron chi connectivity index (χ1n) is 7.63. The van der Waals surface area contributed by atoms with Gasteiger partial charge in [-0.2, -0.15) is 0 Å². The number of rotatable bonds is 6. The summed E-state index contributed by atoms with van der Waals surface area (Å²) >= 11 is 1.68. The minimum absolute atomic E-state index is 0.197. The van der Waals surface area contributed by atoms with Gasteiger partial charge in [0, 0.05) is 32.2 Å². The van der Waals surface area contributed by atoms with Crippen LogP contribution in [0.3, 0.4) is 0 Å². The van der Waals surface area contributed by atoms with Crippen LogP contribution in [0.5, 0.6) is 0 Å². The summed E-state index contributed by atoms with van der Waals surface area (Å²) in [5.41, 5.74) is 0. The van der Waals surface area contributed by atoms with Gasteiger partial charge in [-0.15, -0.1) is 10.2 Å². The molecule has 1 aliphatic heterocycles. The SMILES string of the molecule is COCCC(=O)N1CCC(Nc2nnc(C3CC3)s2)CC1. The van der Waals surface area contributed by atoms with Crippen LogP contribution in [0.2, 0.25) is 0 Å². The summed E-state index contributed by atoms with van der Waals surface area (Å²) < 4.78 is 4.96. The van der Waals surface area contributed by atoms with Gasteiger partial charge in [-0.1, -0.05) is 11.3 Å². The molecular formula is C14H22N4O2S. The molecule has 3 rings (SSSR count). The molecule has 0 atom stereocenters. The highest BCUT2D eigenvalue weighted by Crippen LogP contribution is 2.42. The number of likely N-dealkylation sites (tertiary alicyclic amines) is 1. The van der Waals surface area contributed by atoms with E-state index in [9.17, 15) is 4.79 Å². The highest BCUT2D eigenvalue weighted by molar-refractivity contribution is 7.15. The summed E-state index contributed by atoms with van der Waals surface area (Å²) in [6, 6.07) is 0.400. The summed E-state index contributed by atoms with van der Waals surface area (Å²) in [7, 11) is 1.63. The van der Waals surface area contributed by atoms with E-state index >= 15 is 0 Å². The number of amides is 1. The summed E-state index contributed by atoms with van der Waals surface area (Å²) in [5, 5.41) is 14.0. The van der Waals surface area contributed by atoms with Crippen LogP contribution in [0.25, 0.3) is 0 Å². The third kappa shape index (κ3) is 3.91. The van der Waals surface area contributed by atoms with Crippen LogP contribution >= 0.6 is 11.3 Å². The first-order chi connectivity index (χ1) is 10.3. The molecule has 1 aromatic heterocycles. The zero-order valence-corrected chi connectivity index (χ0v) is 13.2. The Bertz CT molecular complexity index is 481. The van der Waals surface area contributed by atoms with E-state index in [0.29, 0.717) is 25.0 Å². The van der Waals surface area contributed by atoms with Crippen molar-refractivity contribution in [3.05, 3.63) is 5.01 Å².